The summed E-state index contributed by atoms with van der Waals surface area (Å²) in [5, 5.41) is 19.5. The van der Waals surface area contributed by atoms with Gasteiger partial charge in [0.25, 0.3) is 0 Å². The van der Waals surface area contributed by atoms with Gasteiger partial charge in [-0.15, -0.1) is 17.8 Å². The van der Waals surface area contributed by atoms with Gasteiger partial charge in [-0.05, 0) is 0 Å². The Morgan fingerprint density at radius 1 is 1.63 bits per heavy atom. The lowest BCUT2D eigenvalue weighted by Crippen LogP contribution is -2.47. The second kappa shape index (κ2) is 9.75. The van der Waals surface area contributed by atoms with Crippen LogP contribution in [0, 0.1) is 22.5 Å². The van der Waals surface area contributed by atoms with Gasteiger partial charge in [-0.3, -0.25) is 20.7 Å². The molecule has 8 heteroatoms. The maximum absolute atomic E-state index is 10.5. The van der Waals surface area contributed by atoms with Crippen molar-refractivity contribution in [2.45, 2.75) is 11.9 Å². The molecule has 2 N–H and O–H groups in total. The fraction of sp³-hybridized carbons (Fsp3) is 0.545. The quantitative estimate of drug-likeness (QED) is 0.219. The van der Waals surface area contributed by atoms with Gasteiger partial charge in [0.15, 0.2) is 0 Å². The van der Waals surface area contributed by atoms with Crippen molar-refractivity contribution < 1.29 is 4.92 Å². The van der Waals surface area contributed by atoms with Crippen molar-refractivity contribution in [3.05, 3.63) is 26.7 Å². The minimum atomic E-state index is -0.383. The molecule has 0 spiro atoms. The van der Waals surface area contributed by atoms with Crippen LogP contribution in [0.4, 0.5) is 0 Å². The van der Waals surface area contributed by atoms with E-state index in [-0.39, 0.29) is 17.6 Å². The number of terminal acetylenes is 1. The second-order valence-corrected chi connectivity index (χ2v) is 5.67. The Hall–Kier alpha value is -1.14. The molecule has 1 rings (SSSR count). The molecule has 0 amide bonds. The first-order chi connectivity index (χ1) is 9.22. The van der Waals surface area contributed by atoms with E-state index in [0.29, 0.717) is 13.1 Å². The summed E-state index contributed by atoms with van der Waals surface area (Å²) in [6.45, 7) is 0.822. The molecule has 0 bridgehead atoms. The van der Waals surface area contributed by atoms with E-state index in [4.69, 9.17) is 6.42 Å². The number of hydrogen-bond acceptors (Lipinski definition) is 7. The molecule has 0 saturated carbocycles. The van der Waals surface area contributed by atoms with Crippen LogP contribution in [0.25, 0.3) is 0 Å². The summed E-state index contributed by atoms with van der Waals surface area (Å²) in [7, 11) is 0. The van der Waals surface area contributed by atoms with Gasteiger partial charge in [-0.2, -0.15) is 11.8 Å². The van der Waals surface area contributed by atoms with E-state index in [1.165, 1.54) is 0 Å². The molecule has 0 aliphatic rings. The predicted octanol–water partition coefficient (Wildman–Crippen LogP) is 0.792. The molecule has 0 radical (unpaired) electrons. The molecule has 1 aromatic heterocycles. The minimum Gasteiger partial charge on any atom is -0.296 e. The van der Waals surface area contributed by atoms with Crippen LogP contribution in [0.15, 0.2) is 11.6 Å². The maximum atomic E-state index is 10.5. The van der Waals surface area contributed by atoms with Crippen molar-refractivity contribution >= 4 is 23.1 Å². The lowest BCUT2D eigenvalue weighted by Gasteiger charge is -2.14. The van der Waals surface area contributed by atoms with Gasteiger partial charge in [0.2, 0.25) is 6.54 Å². The van der Waals surface area contributed by atoms with Crippen LogP contribution in [-0.2, 0) is 5.75 Å². The molecule has 1 heterocycles. The maximum Gasteiger partial charge on any atom is 0.232 e. The Morgan fingerprint density at radius 2 is 2.47 bits per heavy atom. The SMILES string of the molecule is C#CCNC(C[N+](=O)[O-])NCCSCc1nccs1. The molecule has 6 nitrogen and oxygen atoms in total. The highest BCUT2D eigenvalue weighted by Gasteiger charge is 2.12. The standard InChI is InChI=1S/C11H16N4O2S2/c1-2-3-12-10(8-15(16)17)13-4-6-18-9-11-14-5-7-19-11/h1,5,7,10,12-13H,3-4,6,8-9H2. The summed E-state index contributed by atoms with van der Waals surface area (Å²) in [6, 6.07) is 0. The van der Waals surface area contributed by atoms with Gasteiger partial charge in [0.05, 0.1) is 6.54 Å². The molecular weight excluding hydrogens is 284 g/mol. The van der Waals surface area contributed by atoms with Crippen molar-refractivity contribution in [3.63, 3.8) is 0 Å². The van der Waals surface area contributed by atoms with Crippen molar-refractivity contribution in [2.24, 2.45) is 0 Å². The van der Waals surface area contributed by atoms with Crippen LogP contribution in [0.2, 0.25) is 0 Å². The number of hydrogen-bond donors (Lipinski definition) is 2. The van der Waals surface area contributed by atoms with E-state index >= 15 is 0 Å². The average molecular weight is 300 g/mol. The zero-order valence-corrected chi connectivity index (χ0v) is 12.0. The van der Waals surface area contributed by atoms with Crippen LogP contribution < -0.4 is 10.6 Å². The molecule has 1 atom stereocenters. The van der Waals surface area contributed by atoms with Crippen LogP contribution in [0.1, 0.15) is 5.01 Å². The van der Waals surface area contributed by atoms with Crippen LogP contribution in [0.5, 0.6) is 0 Å². The first-order valence-electron chi connectivity index (χ1n) is 5.70. The third-order valence-corrected chi connectivity index (χ3v) is 4.06. The summed E-state index contributed by atoms with van der Waals surface area (Å²) in [5.74, 6) is 4.14. The molecule has 0 fully saturated rings. The topological polar surface area (TPSA) is 80.1 Å². The highest BCUT2D eigenvalue weighted by molar-refractivity contribution is 7.98. The Labute approximate surface area is 120 Å². The van der Waals surface area contributed by atoms with Gasteiger partial charge < -0.3 is 0 Å². The average Bonchev–Trinajstić information content (AvgIpc) is 2.87. The predicted molar refractivity (Wildman–Crippen MR) is 78.8 cm³/mol. The van der Waals surface area contributed by atoms with Crippen molar-refractivity contribution in [2.75, 3.05) is 25.4 Å². The van der Waals surface area contributed by atoms with Gasteiger partial charge >= 0.3 is 0 Å². The molecular formula is C11H16N4O2S2. The van der Waals surface area contributed by atoms with Crippen molar-refractivity contribution in [1.29, 1.82) is 0 Å². The molecule has 0 aromatic carbocycles. The smallest absolute Gasteiger partial charge is 0.232 e. The summed E-state index contributed by atoms with van der Waals surface area (Å²) < 4.78 is 0. The lowest BCUT2D eigenvalue weighted by atomic mass is 10.4. The summed E-state index contributed by atoms with van der Waals surface area (Å²) in [5.41, 5.74) is 0. The van der Waals surface area contributed by atoms with Gasteiger partial charge in [0, 0.05) is 34.6 Å². The fourth-order valence-corrected chi connectivity index (χ4v) is 2.90. The first kappa shape index (κ1) is 15.9. The monoisotopic (exact) mass is 300 g/mol. The molecule has 1 unspecified atom stereocenters. The number of aromatic nitrogens is 1. The van der Waals surface area contributed by atoms with Gasteiger partial charge in [-0.1, -0.05) is 5.92 Å². The van der Waals surface area contributed by atoms with Gasteiger partial charge in [0.1, 0.15) is 11.2 Å². The highest BCUT2D eigenvalue weighted by atomic mass is 32.2. The lowest BCUT2D eigenvalue weighted by molar-refractivity contribution is -0.484. The van der Waals surface area contributed by atoms with E-state index in [2.05, 4.69) is 21.5 Å². The van der Waals surface area contributed by atoms with E-state index in [0.717, 1.165) is 16.5 Å². The van der Waals surface area contributed by atoms with E-state index in [9.17, 15) is 10.1 Å². The largest absolute Gasteiger partial charge is 0.296 e. The van der Waals surface area contributed by atoms with Crippen molar-refractivity contribution in [3.8, 4) is 12.3 Å². The third kappa shape index (κ3) is 7.79. The molecule has 19 heavy (non-hydrogen) atoms. The number of nitrogens with zero attached hydrogens (tertiary/aromatic N) is 2. The summed E-state index contributed by atoms with van der Waals surface area (Å²) >= 11 is 3.37. The minimum absolute atomic E-state index is 0.182. The zero-order chi connectivity index (χ0) is 13.9. The fourth-order valence-electron chi connectivity index (χ4n) is 1.32. The zero-order valence-electron chi connectivity index (χ0n) is 10.4. The summed E-state index contributed by atoms with van der Waals surface area (Å²) in [6.07, 6.45) is 6.52. The third-order valence-electron chi connectivity index (χ3n) is 2.13. The molecule has 0 aliphatic heterocycles. The van der Waals surface area contributed by atoms with Crippen LogP contribution in [0.3, 0.4) is 0 Å². The molecule has 1 aromatic rings. The Bertz CT molecular complexity index is 405. The molecule has 0 saturated heterocycles. The number of thioether (sulfide) groups is 1. The Balaban J connectivity index is 2.13. The number of nitro groups is 1. The van der Waals surface area contributed by atoms with E-state index < -0.39 is 0 Å². The van der Waals surface area contributed by atoms with E-state index in [1.807, 2.05) is 5.38 Å². The normalized spacial score (nSPS) is 11.9. The number of rotatable bonds is 10. The molecule has 104 valence electrons. The van der Waals surface area contributed by atoms with Crippen LogP contribution in [-0.4, -0.2) is 41.5 Å². The summed E-state index contributed by atoms with van der Waals surface area (Å²) in [4.78, 5) is 14.3. The van der Waals surface area contributed by atoms with E-state index in [1.54, 1.807) is 29.3 Å². The number of nitrogens with one attached hydrogen (secondary N) is 2. The Kier molecular flexibility index (Phi) is 8.16. The highest BCUT2D eigenvalue weighted by Crippen LogP contribution is 2.13. The van der Waals surface area contributed by atoms with Crippen LogP contribution >= 0.6 is 23.1 Å². The second-order valence-electron chi connectivity index (χ2n) is 3.59. The van der Waals surface area contributed by atoms with Gasteiger partial charge in [-0.25, -0.2) is 4.98 Å². The Morgan fingerprint density at radius 3 is 3.11 bits per heavy atom. The molecule has 0 aliphatic carbocycles. The first-order valence-corrected chi connectivity index (χ1v) is 7.74. The van der Waals surface area contributed by atoms with Crippen molar-refractivity contribution in [1.82, 2.24) is 15.6 Å². The number of thiazole rings is 1.